The van der Waals surface area contributed by atoms with E-state index in [9.17, 15) is 9.59 Å². The number of unbranched alkanes of at least 4 members (excludes halogenated alkanes) is 1. The van der Waals surface area contributed by atoms with Crippen molar-refractivity contribution in [2.75, 3.05) is 19.0 Å². The zero-order valence-corrected chi connectivity index (χ0v) is 19.4. The molecule has 2 unspecified atom stereocenters. The van der Waals surface area contributed by atoms with Crippen LogP contribution in [-0.4, -0.2) is 35.5 Å². The molecule has 0 saturated carbocycles. The summed E-state index contributed by atoms with van der Waals surface area (Å²) < 4.78 is 5.27. The van der Waals surface area contributed by atoms with Crippen molar-refractivity contribution in [1.82, 2.24) is 10.2 Å². The fraction of sp³-hybridized carbons (Fsp3) is 0.522. The first kappa shape index (κ1) is 23.9. The third-order valence-electron chi connectivity index (χ3n) is 5.53. The predicted octanol–water partition coefficient (Wildman–Crippen LogP) is 4.54. The number of ether oxygens (including phenoxy) is 1. The van der Waals surface area contributed by atoms with Gasteiger partial charge in [0.2, 0.25) is 5.91 Å². The fourth-order valence-electron chi connectivity index (χ4n) is 3.53. The van der Waals surface area contributed by atoms with E-state index in [-0.39, 0.29) is 17.8 Å². The largest absolute Gasteiger partial charge is 0.463 e. The van der Waals surface area contributed by atoms with Gasteiger partial charge in [-0.05, 0) is 56.6 Å². The highest BCUT2D eigenvalue weighted by molar-refractivity contribution is 7.80. The van der Waals surface area contributed by atoms with Crippen LogP contribution in [0.15, 0.2) is 35.5 Å². The minimum absolute atomic E-state index is 0.0264. The number of hydrogen-bond acceptors (Lipinski definition) is 4. The molecule has 7 heteroatoms. The zero-order valence-electron chi connectivity index (χ0n) is 18.6. The van der Waals surface area contributed by atoms with E-state index in [0.717, 1.165) is 42.6 Å². The number of benzene rings is 1. The quantitative estimate of drug-likeness (QED) is 0.442. The van der Waals surface area contributed by atoms with Crippen LogP contribution in [0.25, 0.3) is 0 Å². The summed E-state index contributed by atoms with van der Waals surface area (Å²) in [5.74, 6) is -0.278. The van der Waals surface area contributed by atoms with E-state index < -0.39 is 6.04 Å². The average molecular weight is 432 g/mol. The molecule has 1 aliphatic heterocycles. The molecular formula is C23H33N3O3S. The molecule has 6 nitrogen and oxygen atoms in total. The number of hydrogen-bond donors (Lipinski definition) is 2. The van der Waals surface area contributed by atoms with E-state index in [1.54, 1.807) is 11.8 Å². The van der Waals surface area contributed by atoms with Crippen LogP contribution in [0.5, 0.6) is 0 Å². The molecule has 1 aromatic rings. The van der Waals surface area contributed by atoms with Crippen molar-refractivity contribution in [1.29, 1.82) is 0 Å². The Kier molecular flexibility index (Phi) is 8.84. The fourth-order valence-corrected chi connectivity index (χ4v) is 3.79. The highest BCUT2D eigenvalue weighted by Gasteiger charge is 2.33. The lowest BCUT2D eigenvalue weighted by molar-refractivity contribution is -0.139. The maximum Gasteiger partial charge on any atom is 0.338 e. The van der Waals surface area contributed by atoms with Crippen molar-refractivity contribution >= 4 is 34.9 Å². The Bertz CT molecular complexity index is 804. The average Bonchev–Trinajstić information content (AvgIpc) is 2.73. The molecule has 0 aliphatic carbocycles. The lowest BCUT2D eigenvalue weighted by Gasteiger charge is -2.35. The van der Waals surface area contributed by atoms with Crippen LogP contribution in [0.2, 0.25) is 0 Å². The molecule has 164 valence electrons. The predicted molar refractivity (Wildman–Crippen MR) is 124 cm³/mol. The molecule has 30 heavy (non-hydrogen) atoms. The monoisotopic (exact) mass is 431 g/mol. The van der Waals surface area contributed by atoms with Crippen molar-refractivity contribution in [3.8, 4) is 0 Å². The number of amides is 1. The third-order valence-corrected chi connectivity index (χ3v) is 5.92. The van der Waals surface area contributed by atoms with Crippen molar-refractivity contribution in [2.24, 2.45) is 5.92 Å². The first-order chi connectivity index (χ1) is 14.3. The van der Waals surface area contributed by atoms with E-state index in [0.29, 0.717) is 17.3 Å². The van der Waals surface area contributed by atoms with Crippen molar-refractivity contribution in [2.45, 2.75) is 59.4 Å². The SMILES string of the molecule is CCCCC(CC)C(=O)Nc1ccc(C2NC(=S)N(C)C(C)=C2C(=O)OCC)cc1. The Morgan fingerprint density at radius 2 is 1.90 bits per heavy atom. The normalized spacial score (nSPS) is 17.4. The summed E-state index contributed by atoms with van der Waals surface area (Å²) in [6, 6.07) is 7.13. The molecule has 2 N–H and O–H groups in total. The topological polar surface area (TPSA) is 70.7 Å². The summed E-state index contributed by atoms with van der Waals surface area (Å²) >= 11 is 5.42. The highest BCUT2D eigenvalue weighted by Crippen LogP contribution is 2.31. The number of esters is 1. The molecule has 0 saturated heterocycles. The summed E-state index contributed by atoms with van der Waals surface area (Å²) in [4.78, 5) is 26.9. The lowest BCUT2D eigenvalue weighted by atomic mass is 9.95. The Morgan fingerprint density at radius 1 is 1.23 bits per heavy atom. The standard InChI is InChI=1S/C23H33N3O3S/c1-6-9-10-16(7-2)21(27)24-18-13-11-17(12-14-18)20-19(22(28)29-8-3)15(4)26(5)23(30)25-20/h11-14,16,20H,6-10H2,1-5H3,(H,24,27)(H,25,30). The first-order valence-corrected chi connectivity index (χ1v) is 11.1. The van der Waals surface area contributed by atoms with Crippen molar-refractivity contribution in [3.05, 3.63) is 41.1 Å². The Morgan fingerprint density at radius 3 is 2.47 bits per heavy atom. The van der Waals surface area contributed by atoms with E-state index in [1.165, 1.54) is 0 Å². The van der Waals surface area contributed by atoms with Crippen molar-refractivity contribution < 1.29 is 14.3 Å². The number of carbonyl (C=O) groups excluding carboxylic acids is 2. The molecule has 1 heterocycles. The smallest absolute Gasteiger partial charge is 0.338 e. The van der Waals surface area contributed by atoms with Crippen LogP contribution in [0.3, 0.4) is 0 Å². The summed E-state index contributed by atoms with van der Waals surface area (Å²) in [5, 5.41) is 6.78. The minimum Gasteiger partial charge on any atom is -0.463 e. The van der Waals surface area contributed by atoms with Crippen LogP contribution in [-0.2, 0) is 14.3 Å². The van der Waals surface area contributed by atoms with Gasteiger partial charge in [-0.3, -0.25) is 4.79 Å². The van der Waals surface area contributed by atoms with Gasteiger partial charge in [0.15, 0.2) is 5.11 Å². The number of nitrogens with one attached hydrogen (secondary N) is 2. The maximum atomic E-state index is 12.6. The van der Waals surface area contributed by atoms with Gasteiger partial charge in [-0.1, -0.05) is 38.8 Å². The zero-order chi connectivity index (χ0) is 22.3. The number of rotatable bonds is 9. The molecule has 2 rings (SSSR count). The minimum atomic E-state index is -0.398. The van der Waals surface area contributed by atoms with E-state index in [2.05, 4.69) is 17.6 Å². The van der Waals surface area contributed by atoms with Crippen LogP contribution in [0.4, 0.5) is 5.69 Å². The maximum absolute atomic E-state index is 12.6. The van der Waals surface area contributed by atoms with Gasteiger partial charge in [0.05, 0.1) is 18.2 Å². The first-order valence-electron chi connectivity index (χ1n) is 10.7. The van der Waals surface area contributed by atoms with E-state index in [1.807, 2.05) is 45.2 Å². The molecule has 2 atom stereocenters. The van der Waals surface area contributed by atoms with Crippen LogP contribution < -0.4 is 10.6 Å². The van der Waals surface area contributed by atoms with Gasteiger partial charge >= 0.3 is 5.97 Å². The van der Waals surface area contributed by atoms with Crippen LogP contribution >= 0.6 is 12.2 Å². The molecule has 1 aromatic carbocycles. The van der Waals surface area contributed by atoms with Gasteiger partial charge in [0.25, 0.3) is 0 Å². The molecule has 0 aromatic heterocycles. The Hall–Kier alpha value is -2.41. The van der Waals surface area contributed by atoms with Gasteiger partial charge in [0, 0.05) is 24.4 Å². The van der Waals surface area contributed by atoms with Crippen LogP contribution in [0, 0.1) is 5.92 Å². The van der Waals surface area contributed by atoms with E-state index in [4.69, 9.17) is 17.0 Å². The van der Waals surface area contributed by atoms with Gasteiger partial charge in [0.1, 0.15) is 0 Å². The van der Waals surface area contributed by atoms with Gasteiger partial charge in [-0.2, -0.15) is 0 Å². The number of anilines is 1. The summed E-state index contributed by atoms with van der Waals surface area (Å²) in [7, 11) is 1.82. The second-order valence-electron chi connectivity index (χ2n) is 7.52. The second kappa shape index (κ2) is 11.1. The molecule has 0 radical (unpaired) electrons. The summed E-state index contributed by atoms with van der Waals surface area (Å²) in [6.45, 7) is 8.13. The summed E-state index contributed by atoms with van der Waals surface area (Å²) in [6.07, 6.45) is 3.86. The highest BCUT2D eigenvalue weighted by atomic mass is 32.1. The molecule has 0 fully saturated rings. The second-order valence-corrected chi connectivity index (χ2v) is 7.91. The third kappa shape index (κ3) is 5.59. The molecule has 0 bridgehead atoms. The Balaban J connectivity index is 2.22. The number of nitrogens with zero attached hydrogens (tertiary/aromatic N) is 1. The molecular weight excluding hydrogens is 398 g/mol. The van der Waals surface area contributed by atoms with Gasteiger partial charge in [-0.15, -0.1) is 0 Å². The number of allylic oxidation sites excluding steroid dienone is 1. The number of carbonyl (C=O) groups is 2. The molecule has 1 aliphatic rings. The Labute approximate surface area is 185 Å². The lowest BCUT2D eigenvalue weighted by Crippen LogP contribution is -2.46. The molecule has 0 spiro atoms. The van der Waals surface area contributed by atoms with Gasteiger partial charge < -0.3 is 20.3 Å². The van der Waals surface area contributed by atoms with Crippen LogP contribution in [0.1, 0.15) is 65.0 Å². The summed E-state index contributed by atoms with van der Waals surface area (Å²) in [5.41, 5.74) is 2.92. The molecule has 1 amide bonds. The van der Waals surface area contributed by atoms with Gasteiger partial charge in [-0.25, -0.2) is 4.79 Å². The number of thiocarbonyl (C=S) groups is 1. The van der Waals surface area contributed by atoms with E-state index >= 15 is 0 Å². The van der Waals surface area contributed by atoms with Crippen molar-refractivity contribution in [3.63, 3.8) is 0 Å².